The van der Waals surface area contributed by atoms with Gasteiger partial charge in [-0.25, -0.2) is 4.79 Å². The molecule has 1 aromatic heterocycles. The van der Waals surface area contributed by atoms with Crippen LogP contribution in [0.2, 0.25) is 0 Å². The minimum absolute atomic E-state index is 0.0563. The van der Waals surface area contributed by atoms with Gasteiger partial charge in [0.15, 0.2) is 5.82 Å². The molecule has 104 valence electrons. The van der Waals surface area contributed by atoms with Crippen LogP contribution in [0.4, 0.5) is 5.82 Å². The van der Waals surface area contributed by atoms with Crippen molar-refractivity contribution in [1.82, 2.24) is 10.2 Å². The van der Waals surface area contributed by atoms with Crippen molar-refractivity contribution in [1.29, 1.82) is 0 Å². The smallest absolute Gasteiger partial charge is 0.353 e. The molecule has 0 saturated heterocycles. The monoisotopic (exact) mass is 273 g/mol. The summed E-state index contributed by atoms with van der Waals surface area (Å²) in [4.78, 5) is 22.4. The summed E-state index contributed by atoms with van der Waals surface area (Å²) >= 11 is 0. The van der Waals surface area contributed by atoms with Crippen LogP contribution in [0.1, 0.15) is 28.0 Å². The Bertz CT molecular complexity index is 634. The highest BCUT2D eigenvalue weighted by atomic mass is 16.4. The molecule has 0 unspecified atom stereocenters. The Labute approximate surface area is 115 Å². The van der Waals surface area contributed by atoms with E-state index >= 15 is 0 Å². The average Bonchev–Trinajstić information content (AvgIpc) is 2.86. The van der Waals surface area contributed by atoms with E-state index in [0.717, 1.165) is 11.1 Å². The van der Waals surface area contributed by atoms with Gasteiger partial charge in [0.25, 0.3) is 0 Å². The number of carboxylic acid groups (broad SMARTS) is 1. The third kappa shape index (κ3) is 3.44. The van der Waals surface area contributed by atoms with Gasteiger partial charge in [-0.2, -0.15) is 5.10 Å². The Kier molecular flexibility index (Phi) is 4.14. The molecular formula is C14H15N3O3. The number of nitrogens with one attached hydrogen (secondary N) is 2. The number of carbonyl (C=O) groups excluding carboxylic acids is 1. The fraction of sp³-hybridized carbons (Fsp3) is 0.214. The fourth-order valence-corrected chi connectivity index (χ4v) is 1.84. The Hall–Kier alpha value is -2.63. The van der Waals surface area contributed by atoms with Crippen molar-refractivity contribution < 1.29 is 14.7 Å². The molecule has 0 aliphatic heterocycles. The molecule has 0 bridgehead atoms. The van der Waals surface area contributed by atoms with E-state index in [1.54, 1.807) is 0 Å². The molecule has 0 aliphatic rings. The molecule has 1 aromatic carbocycles. The predicted molar refractivity (Wildman–Crippen MR) is 73.7 cm³/mol. The van der Waals surface area contributed by atoms with Crippen LogP contribution >= 0.6 is 0 Å². The Balaban J connectivity index is 1.89. The quantitative estimate of drug-likeness (QED) is 0.776. The number of carboxylic acids is 1. The molecular weight excluding hydrogens is 258 g/mol. The molecule has 0 aliphatic carbocycles. The number of aryl methyl sites for hydroxylation is 2. The van der Waals surface area contributed by atoms with Crippen molar-refractivity contribution in [3.63, 3.8) is 0 Å². The minimum atomic E-state index is -1.11. The molecule has 1 heterocycles. The van der Waals surface area contributed by atoms with Crippen LogP contribution in [0.3, 0.4) is 0 Å². The van der Waals surface area contributed by atoms with Gasteiger partial charge in [-0.05, 0) is 24.5 Å². The van der Waals surface area contributed by atoms with Crippen molar-refractivity contribution in [2.75, 3.05) is 5.32 Å². The van der Waals surface area contributed by atoms with E-state index < -0.39 is 5.97 Å². The zero-order chi connectivity index (χ0) is 14.5. The topological polar surface area (TPSA) is 95.1 Å². The number of aromatic nitrogens is 2. The van der Waals surface area contributed by atoms with E-state index in [1.807, 2.05) is 31.2 Å². The normalized spacial score (nSPS) is 10.2. The molecule has 0 atom stereocenters. The summed E-state index contributed by atoms with van der Waals surface area (Å²) in [6.07, 6.45) is 0.953. The van der Waals surface area contributed by atoms with Crippen molar-refractivity contribution in [3.05, 3.63) is 47.2 Å². The molecule has 2 rings (SSSR count). The zero-order valence-corrected chi connectivity index (χ0v) is 11.0. The van der Waals surface area contributed by atoms with Gasteiger partial charge < -0.3 is 10.4 Å². The van der Waals surface area contributed by atoms with Crippen LogP contribution in [0.15, 0.2) is 30.3 Å². The largest absolute Gasteiger partial charge is 0.477 e. The molecule has 6 heteroatoms. The first kappa shape index (κ1) is 13.8. The first-order valence-electron chi connectivity index (χ1n) is 6.19. The number of nitrogens with zero attached hydrogens (tertiary/aromatic N) is 1. The lowest BCUT2D eigenvalue weighted by Crippen LogP contribution is -2.12. The van der Waals surface area contributed by atoms with E-state index in [9.17, 15) is 9.59 Å². The van der Waals surface area contributed by atoms with Gasteiger partial charge in [0.1, 0.15) is 5.69 Å². The third-order valence-corrected chi connectivity index (χ3v) is 2.96. The summed E-state index contributed by atoms with van der Waals surface area (Å²) in [5.41, 5.74) is 2.21. The Morgan fingerprint density at radius 3 is 2.75 bits per heavy atom. The number of hydrogen-bond acceptors (Lipinski definition) is 3. The number of anilines is 1. The summed E-state index contributed by atoms with van der Waals surface area (Å²) in [5, 5.41) is 17.3. The highest BCUT2D eigenvalue weighted by Gasteiger charge is 2.10. The summed E-state index contributed by atoms with van der Waals surface area (Å²) in [6, 6.07) is 9.16. The number of aromatic carboxylic acids is 1. The molecule has 0 saturated carbocycles. The van der Waals surface area contributed by atoms with Crippen LogP contribution in [0.25, 0.3) is 0 Å². The highest BCUT2D eigenvalue weighted by Crippen LogP contribution is 2.11. The minimum Gasteiger partial charge on any atom is -0.477 e. The van der Waals surface area contributed by atoms with Crippen LogP contribution in [0.5, 0.6) is 0 Å². The van der Waals surface area contributed by atoms with E-state index in [0.29, 0.717) is 12.8 Å². The Morgan fingerprint density at radius 2 is 2.10 bits per heavy atom. The fourth-order valence-electron chi connectivity index (χ4n) is 1.84. The number of amides is 1. The van der Waals surface area contributed by atoms with E-state index in [2.05, 4.69) is 15.5 Å². The van der Waals surface area contributed by atoms with Gasteiger partial charge in [0, 0.05) is 12.5 Å². The first-order valence-corrected chi connectivity index (χ1v) is 6.19. The van der Waals surface area contributed by atoms with Gasteiger partial charge in [0.05, 0.1) is 0 Å². The summed E-state index contributed by atoms with van der Waals surface area (Å²) in [7, 11) is 0. The number of benzene rings is 1. The molecule has 1 amide bonds. The molecule has 3 N–H and O–H groups in total. The van der Waals surface area contributed by atoms with Gasteiger partial charge in [-0.15, -0.1) is 0 Å². The van der Waals surface area contributed by atoms with Crippen LogP contribution in [0, 0.1) is 6.92 Å². The summed E-state index contributed by atoms with van der Waals surface area (Å²) in [5.74, 6) is -1.09. The lowest BCUT2D eigenvalue weighted by Gasteiger charge is -2.05. The number of aromatic amines is 1. The van der Waals surface area contributed by atoms with Gasteiger partial charge in [-0.1, -0.05) is 24.3 Å². The zero-order valence-electron chi connectivity index (χ0n) is 11.0. The second kappa shape index (κ2) is 6.01. The van der Waals surface area contributed by atoms with Crippen molar-refractivity contribution in [2.24, 2.45) is 0 Å². The van der Waals surface area contributed by atoms with Gasteiger partial charge in [-0.3, -0.25) is 9.89 Å². The number of H-pyrrole nitrogens is 1. The molecule has 2 aromatic rings. The van der Waals surface area contributed by atoms with Crippen LogP contribution in [-0.4, -0.2) is 27.2 Å². The number of hydrogen-bond donors (Lipinski definition) is 3. The SMILES string of the molecule is Cc1ccccc1CCC(=O)Nc1cc(C(=O)O)[nH]n1. The van der Waals surface area contributed by atoms with Crippen LogP contribution in [-0.2, 0) is 11.2 Å². The van der Waals surface area contributed by atoms with E-state index in [1.165, 1.54) is 6.07 Å². The predicted octanol–water partition coefficient (Wildman–Crippen LogP) is 1.99. The summed E-state index contributed by atoms with van der Waals surface area (Å²) < 4.78 is 0. The molecule has 20 heavy (non-hydrogen) atoms. The highest BCUT2D eigenvalue weighted by molar-refractivity contribution is 5.92. The van der Waals surface area contributed by atoms with Crippen molar-refractivity contribution in [3.8, 4) is 0 Å². The Morgan fingerprint density at radius 1 is 1.35 bits per heavy atom. The number of rotatable bonds is 5. The molecule has 6 nitrogen and oxygen atoms in total. The van der Waals surface area contributed by atoms with Crippen LogP contribution < -0.4 is 5.32 Å². The second-order valence-corrected chi connectivity index (χ2v) is 4.45. The maximum atomic E-state index is 11.8. The average molecular weight is 273 g/mol. The molecule has 0 fully saturated rings. The first-order chi connectivity index (χ1) is 9.56. The number of carbonyl (C=O) groups is 2. The van der Waals surface area contributed by atoms with Gasteiger partial charge in [0.2, 0.25) is 5.91 Å². The van der Waals surface area contributed by atoms with E-state index in [4.69, 9.17) is 5.11 Å². The maximum Gasteiger partial charge on any atom is 0.353 e. The molecule has 0 spiro atoms. The standard InChI is InChI=1S/C14H15N3O3/c1-9-4-2-3-5-10(9)6-7-13(18)15-12-8-11(14(19)20)16-17-12/h2-5,8H,6-7H2,1H3,(H,19,20)(H2,15,16,17,18). The molecule has 0 radical (unpaired) electrons. The van der Waals surface area contributed by atoms with Crippen molar-refractivity contribution >= 4 is 17.7 Å². The van der Waals surface area contributed by atoms with Crippen molar-refractivity contribution in [2.45, 2.75) is 19.8 Å². The maximum absolute atomic E-state index is 11.8. The lowest BCUT2D eigenvalue weighted by molar-refractivity contribution is -0.116. The second-order valence-electron chi connectivity index (χ2n) is 4.45. The van der Waals surface area contributed by atoms with E-state index in [-0.39, 0.29) is 17.4 Å². The van der Waals surface area contributed by atoms with Gasteiger partial charge >= 0.3 is 5.97 Å². The lowest BCUT2D eigenvalue weighted by atomic mass is 10.0. The third-order valence-electron chi connectivity index (χ3n) is 2.96. The summed E-state index contributed by atoms with van der Waals surface area (Å²) in [6.45, 7) is 2.00.